The second-order valence-corrected chi connectivity index (χ2v) is 9.13. The minimum absolute atomic E-state index is 0.0172. The fraction of sp³-hybridized carbons (Fsp3) is 0.263. The van der Waals surface area contributed by atoms with Gasteiger partial charge in [-0.25, -0.2) is 9.78 Å². The monoisotopic (exact) mass is 497 g/mol. The Morgan fingerprint density at radius 2 is 2.07 bits per heavy atom. The lowest BCUT2D eigenvalue weighted by Gasteiger charge is -2.23. The van der Waals surface area contributed by atoms with Crippen LogP contribution in [-0.2, 0) is 0 Å². The van der Waals surface area contributed by atoms with Crippen molar-refractivity contribution in [2.24, 2.45) is 0 Å². The van der Waals surface area contributed by atoms with Crippen LogP contribution in [0.2, 0.25) is 4.34 Å². The van der Waals surface area contributed by atoms with Crippen molar-refractivity contribution < 1.29 is 19.4 Å². The topological polar surface area (TPSA) is 85.6 Å². The molecule has 0 saturated carbocycles. The number of aromatic carboxylic acids is 1. The third-order valence-electron chi connectivity index (χ3n) is 4.46. The predicted molar refractivity (Wildman–Crippen MR) is 115 cm³/mol. The van der Waals surface area contributed by atoms with Gasteiger partial charge in [-0.3, -0.25) is 0 Å². The van der Waals surface area contributed by atoms with E-state index in [1.165, 1.54) is 11.3 Å². The highest BCUT2D eigenvalue weighted by molar-refractivity contribution is 9.10. The van der Waals surface area contributed by atoms with E-state index in [1.54, 1.807) is 6.07 Å². The van der Waals surface area contributed by atoms with Crippen LogP contribution in [0, 0.1) is 0 Å². The second-order valence-electron chi connectivity index (χ2n) is 6.67. The van der Waals surface area contributed by atoms with E-state index < -0.39 is 12.0 Å². The van der Waals surface area contributed by atoms with E-state index in [1.807, 2.05) is 42.7 Å². The van der Waals surface area contributed by atoms with Gasteiger partial charge in [-0.2, -0.15) is 0 Å². The molecule has 2 N–H and O–H groups in total. The first-order valence-electron chi connectivity index (χ1n) is 8.77. The zero-order valence-electron chi connectivity index (χ0n) is 15.5. The number of rotatable bonds is 6. The number of fused-ring (bicyclic) bond motifs is 1. The molecular weight excluding hydrogens is 482 g/mol. The van der Waals surface area contributed by atoms with Crippen molar-refractivity contribution in [3.63, 3.8) is 0 Å². The van der Waals surface area contributed by atoms with Gasteiger partial charge in [0.15, 0.2) is 21.9 Å². The summed E-state index contributed by atoms with van der Waals surface area (Å²) in [5.74, 6) is 0.211. The van der Waals surface area contributed by atoms with Crippen molar-refractivity contribution in [3.8, 4) is 11.5 Å². The number of hydrogen-bond donors (Lipinski definition) is 2. The number of benzene rings is 1. The van der Waals surface area contributed by atoms with Crippen molar-refractivity contribution in [3.05, 3.63) is 55.7 Å². The Labute approximate surface area is 184 Å². The molecule has 1 unspecified atom stereocenters. The van der Waals surface area contributed by atoms with Gasteiger partial charge in [0.05, 0.1) is 10.0 Å². The maximum Gasteiger partial charge on any atom is 0.356 e. The van der Waals surface area contributed by atoms with Crippen LogP contribution in [0.3, 0.4) is 0 Å². The molecule has 29 heavy (non-hydrogen) atoms. The number of anilines is 1. The molecule has 0 saturated heterocycles. The van der Waals surface area contributed by atoms with Gasteiger partial charge >= 0.3 is 5.97 Å². The summed E-state index contributed by atoms with van der Waals surface area (Å²) in [7, 11) is 0. The van der Waals surface area contributed by atoms with Gasteiger partial charge in [-0.15, -0.1) is 11.3 Å². The molecule has 0 amide bonds. The Hall–Kier alpha value is -2.23. The summed E-state index contributed by atoms with van der Waals surface area (Å²) in [5, 5.41) is 13.2. The first-order valence-corrected chi connectivity index (χ1v) is 10.8. The van der Waals surface area contributed by atoms with Gasteiger partial charge in [-0.1, -0.05) is 11.6 Å². The number of carbonyl (C=O) groups is 1. The van der Waals surface area contributed by atoms with E-state index >= 15 is 0 Å². The van der Waals surface area contributed by atoms with E-state index in [4.69, 9.17) is 21.1 Å². The molecule has 0 spiro atoms. The van der Waals surface area contributed by atoms with Crippen LogP contribution in [0.25, 0.3) is 0 Å². The van der Waals surface area contributed by atoms with E-state index in [0.29, 0.717) is 26.3 Å². The fourth-order valence-corrected chi connectivity index (χ4v) is 5.15. The molecule has 0 bridgehead atoms. The average molecular weight is 499 g/mol. The lowest BCUT2D eigenvalue weighted by molar-refractivity contribution is 0.0689. The summed E-state index contributed by atoms with van der Waals surface area (Å²) in [6.07, 6.45) is 0. The minimum Gasteiger partial charge on any atom is -0.476 e. The number of imidazole rings is 1. The highest BCUT2D eigenvalue weighted by Crippen LogP contribution is 2.40. The molecule has 10 heteroatoms. The molecule has 2 aromatic heterocycles. The number of carboxylic acid groups (broad SMARTS) is 1. The van der Waals surface area contributed by atoms with Gasteiger partial charge in [0.1, 0.15) is 6.04 Å². The Morgan fingerprint density at radius 3 is 2.72 bits per heavy atom. The third kappa shape index (κ3) is 3.82. The number of ether oxygens (including phenoxy) is 2. The third-order valence-corrected chi connectivity index (χ3v) is 6.31. The molecule has 7 nitrogen and oxygen atoms in total. The minimum atomic E-state index is -1.10. The molecule has 0 radical (unpaired) electrons. The van der Waals surface area contributed by atoms with Crippen molar-refractivity contribution in [2.75, 3.05) is 12.1 Å². The molecular formula is C19H17BrClN3O4S. The number of carboxylic acids is 1. The first-order chi connectivity index (χ1) is 13.8. The molecule has 1 atom stereocenters. The van der Waals surface area contributed by atoms with E-state index in [9.17, 15) is 9.90 Å². The van der Waals surface area contributed by atoms with Crippen molar-refractivity contribution in [2.45, 2.75) is 25.9 Å². The van der Waals surface area contributed by atoms with Gasteiger partial charge in [0, 0.05) is 22.7 Å². The Kier molecular flexibility index (Phi) is 5.46. The van der Waals surface area contributed by atoms with Crippen LogP contribution in [-0.4, -0.2) is 27.4 Å². The van der Waals surface area contributed by atoms with Crippen molar-refractivity contribution in [1.82, 2.24) is 9.55 Å². The smallest absolute Gasteiger partial charge is 0.356 e. The average Bonchev–Trinajstić information content (AvgIpc) is 3.37. The number of halogens is 2. The van der Waals surface area contributed by atoms with Crippen molar-refractivity contribution in [1.29, 1.82) is 0 Å². The molecule has 1 aliphatic rings. The van der Waals surface area contributed by atoms with E-state index in [2.05, 4.69) is 26.2 Å². The summed E-state index contributed by atoms with van der Waals surface area (Å²) < 4.78 is 13.8. The Morgan fingerprint density at radius 1 is 1.31 bits per heavy atom. The lowest BCUT2D eigenvalue weighted by Crippen LogP contribution is -2.20. The quantitative estimate of drug-likeness (QED) is 0.462. The highest BCUT2D eigenvalue weighted by atomic mass is 79.9. The summed E-state index contributed by atoms with van der Waals surface area (Å²) in [6, 6.07) is 8.68. The number of aromatic nitrogens is 2. The zero-order valence-corrected chi connectivity index (χ0v) is 18.6. The second kappa shape index (κ2) is 7.89. The number of nitrogens with one attached hydrogen (secondary N) is 1. The predicted octanol–water partition coefficient (Wildman–Crippen LogP) is 5.57. The van der Waals surface area contributed by atoms with E-state index in [0.717, 1.165) is 10.6 Å². The highest BCUT2D eigenvalue weighted by Gasteiger charge is 2.31. The fourth-order valence-electron chi connectivity index (χ4n) is 3.25. The van der Waals surface area contributed by atoms with Gasteiger partial charge in [0.2, 0.25) is 6.79 Å². The number of hydrogen-bond acceptors (Lipinski definition) is 6. The van der Waals surface area contributed by atoms with Crippen molar-refractivity contribution >= 4 is 50.5 Å². The van der Waals surface area contributed by atoms with E-state index in [-0.39, 0.29) is 18.5 Å². The largest absolute Gasteiger partial charge is 0.476 e. The lowest BCUT2D eigenvalue weighted by atomic mass is 10.1. The van der Waals surface area contributed by atoms with Gasteiger partial charge in [-0.05, 0) is 54.0 Å². The van der Waals surface area contributed by atoms with Gasteiger partial charge < -0.3 is 24.5 Å². The van der Waals surface area contributed by atoms with Crippen LogP contribution in [0.1, 0.15) is 47.0 Å². The number of nitrogens with zero attached hydrogens (tertiary/aromatic N) is 2. The van der Waals surface area contributed by atoms with Crippen LogP contribution in [0.5, 0.6) is 11.5 Å². The molecule has 3 aromatic rings. The molecule has 3 heterocycles. The summed E-state index contributed by atoms with van der Waals surface area (Å²) in [4.78, 5) is 17.1. The first kappa shape index (κ1) is 20.1. The Balaban J connectivity index is 1.85. The summed E-state index contributed by atoms with van der Waals surface area (Å²) in [5.41, 5.74) is 1.27. The van der Waals surface area contributed by atoms with Crippen LogP contribution < -0.4 is 14.8 Å². The van der Waals surface area contributed by atoms with Crippen LogP contribution in [0.4, 0.5) is 5.69 Å². The summed E-state index contributed by atoms with van der Waals surface area (Å²) in [6.45, 7) is 4.13. The van der Waals surface area contributed by atoms with Crippen LogP contribution >= 0.6 is 38.9 Å². The molecule has 0 aliphatic carbocycles. The summed E-state index contributed by atoms with van der Waals surface area (Å²) >= 11 is 11.0. The standard InChI is InChI=1S/C19H17BrClN3O4S/c1-9(2)24-17(16(18(25)26)23-19(24)20)15(13-5-6-14(21)29-13)22-10-3-4-11-12(7-10)28-8-27-11/h3-7,9,15,22H,8H2,1-2H3,(H,25,26). The molecule has 1 aromatic carbocycles. The van der Waals surface area contributed by atoms with Gasteiger partial charge in [0.25, 0.3) is 0 Å². The molecule has 1 aliphatic heterocycles. The normalized spacial score (nSPS) is 13.7. The number of thiophene rings is 1. The maximum absolute atomic E-state index is 12.0. The molecule has 152 valence electrons. The zero-order chi connectivity index (χ0) is 20.7. The van der Waals surface area contributed by atoms with Crippen LogP contribution in [0.15, 0.2) is 35.1 Å². The molecule has 0 fully saturated rings. The maximum atomic E-state index is 12.0. The Bertz CT molecular complexity index is 1080. The SMILES string of the molecule is CC(C)n1c(Br)nc(C(=O)O)c1C(Nc1ccc2c(c1)OCO2)c1ccc(Cl)s1. The molecule has 4 rings (SSSR count).